The highest BCUT2D eigenvalue weighted by Crippen LogP contribution is 2.31. The van der Waals surface area contributed by atoms with E-state index in [0.717, 1.165) is 12.5 Å². The van der Waals surface area contributed by atoms with Crippen LogP contribution in [0.25, 0.3) is 0 Å². The predicted octanol–water partition coefficient (Wildman–Crippen LogP) is 4.66. The fourth-order valence-corrected chi connectivity index (χ4v) is 5.13. The van der Waals surface area contributed by atoms with Crippen LogP contribution in [0.3, 0.4) is 0 Å². The molecule has 8 nitrogen and oxygen atoms in total. The molecule has 0 spiro atoms. The van der Waals surface area contributed by atoms with Crippen LogP contribution in [0.1, 0.15) is 41.6 Å². The molecule has 4 rings (SSSR count). The third-order valence-electron chi connectivity index (χ3n) is 7.27. The Kier molecular flexibility index (Phi) is 9.92. The van der Waals surface area contributed by atoms with Crippen molar-refractivity contribution in [2.45, 2.75) is 50.6 Å². The van der Waals surface area contributed by atoms with Crippen LogP contribution in [0.4, 0.5) is 38.1 Å². The van der Waals surface area contributed by atoms with E-state index >= 15 is 0 Å². The van der Waals surface area contributed by atoms with Crippen molar-refractivity contribution in [3.8, 4) is 0 Å². The van der Waals surface area contributed by atoms with E-state index < -0.39 is 53.9 Å². The van der Waals surface area contributed by atoms with Crippen LogP contribution < -0.4 is 20.9 Å². The Hall–Kier alpha value is -3.16. The summed E-state index contributed by atoms with van der Waals surface area (Å²) in [6.45, 7) is 1.03. The third-order valence-corrected chi connectivity index (χ3v) is 7.51. The molecule has 1 heterocycles. The second-order valence-electron chi connectivity index (χ2n) is 10.1. The van der Waals surface area contributed by atoms with Gasteiger partial charge in [0.1, 0.15) is 0 Å². The maximum atomic E-state index is 14.9. The molecular formula is C27H31ClF5N5O3. The second kappa shape index (κ2) is 13.2. The Morgan fingerprint density at radius 3 is 2.41 bits per heavy atom. The van der Waals surface area contributed by atoms with Gasteiger partial charge in [0.25, 0.3) is 5.91 Å². The topological polar surface area (TPSA) is 96.9 Å². The molecule has 0 aromatic heterocycles. The summed E-state index contributed by atoms with van der Waals surface area (Å²) in [4.78, 5) is 28.6. The molecule has 3 amide bonds. The molecule has 14 heteroatoms. The number of anilines is 2. The van der Waals surface area contributed by atoms with Crippen LogP contribution in [-0.4, -0.2) is 73.0 Å². The van der Waals surface area contributed by atoms with E-state index in [1.807, 2.05) is 4.90 Å². The Morgan fingerprint density at radius 2 is 1.76 bits per heavy atom. The first-order valence-corrected chi connectivity index (χ1v) is 13.6. The van der Waals surface area contributed by atoms with Gasteiger partial charge < -0.3 is 26.0 Å². The minimum Gasteiger partial charge on any atom is -0.391 e. The third kappa shape index (κ3) is 8.20. The number of rotatable bonds is 8. The lowest BCUT2D eigenvalue weighted by atomic mass is 10.1. The number of piperazine rings is 1. The van der Waals surface area contributed by atoms with Crippen LogP contribution in [0.15, 0.2) is 30.3 Å². The average Bonchev–Trinajstić information content (AvgIpc) is 3.33. The number of halogens is 6. The molecule has 2 aromatic rings. The van der Waals surface area contributed by atoms with Crippen molar-refractivity contribution in [2.24, 2.45) is 0 Å². The van der Waals surface area contributed by atoms with Crippen LogP contribution in [0.2, 0.25) is 5.02 Å². The van der Waals surface area contributed by atoms with Gasteiger partial charge in [-0.2, -0.15) is 13.2 Å². The summed E-state index contributed by atoms with van der Waals surface area (Å²) in [5, 5.41) is 17.8. The van der Waals surface area contributed by atoms with Crippen molar-refractivity contribution in [2.75, 3.05) is 42.9 Å². The van der Waals surface area contributed by atoms with Crippen LogP contribution in [0.5, 0.6) is 0 Å². The van der Waals surface area contributed by atoms with Gasteiger partial charge >= 0.3 is 12.2 Å². The molecule has 1 saturated carbocycles. The van der Waals surface area contributed by atoms with Gasteiger partial charge in [-0.1, -0.05) is 17.7 Å². The van der Waals surface area contributed by atoms with Crippen molar-refractivity contribution in [3.05, 3.63) is 58.1 Å². The number of carbonyl (C=O) groups excluding carboxylic acids is 2. The number of amides is 3. The summed E-state index contributed by atoms with van der Waals surface area (Å²) in [5.74, 6) is -3.59. The lowest BCUT2D eigenvalue weighted by Crippen LogP contribution is -2.47. The highest BCUT2D eigenvalue weighted by molar-refractivity contribution is 6.31. The molecule has 1 saturated heterocycles. The number of carbonyl (C=O) groups is 2. The van der Waals surface area contributed by atoms with E-state index in [0.29, 0.717) is 49.7 Å². The Morgan fingerprint density at radius 1 is 1.02 bits per heavy atom. The van der Waals surface area contributed by atoms with Gasteiger partial charge in [0.2, 0.25) is 0 Å². The summed E-state index contributed by atoms with van der Waals surface area (Å²) >= 11 is 6.16. The van der Waals surface area contributed by atoms with Gasteiger partial charge in [-0.05, 0) is 43.5 Å². The molecule has 2 fully saturated rings. The summed E-state index contributed by atoms with van der Waals surface area (Å²) in [7, 11) is 0. The molecule has 1 aliphatic heterocycles. The summed E-state index contributed by atoms with van der Waals surface area (Å²) in [5.41, 5.74) is 0.0558. The number of hydrogen-bond acceptors (Lipinski definition) is 5. The lowest BCUT2D eigenvalue weighted by Gasteiger charge is -2.37. The number of nitrogens with one attached hydrogen (secondary N) is 3. The Bertz CT molecular complexity index is 1260. The van der Waals surface area contributed by atoms with E-state index in [4.69, 9.17) is 11.6 Å². The number of urea groups is 1. The smallest absolute Gasteiger partial charge is 0.390 e. The molecule has 2 aliphatic rings. The van der Waals surface area contributed by atoms with Gasteiger partial charge in [0.05, 0.1) is 35.5 Å². The molecule has 0 unspecified atom stereocenters. The predicted molar refractivity (Wildman–Crippen MR) is 144 cm³/mol. The van der Waals surface area contributed by atoms with E-state index in [-0.39, 0.29) is 24.3 Å². The van der Waals surface area contributed by atoms with E-state index in [1.165, 1.54) is 18.2 Å². The van der Waals surface area contributed by atoms with Crippen LogP contribution in [-0.2, 0) is 6.54 Å². The normalized spacial score (nSPS) is 19.7. The van der Waals surface area contributed by atoms with Crippen LogP contribution in [0, 0.1) is 11.6 Å². The molecule has 0 bridgehead atoms. The zero-order valence-corrected chi connectivity index (χ0v) is 22.8. The largest absolute Gasteiger partial charge is 0.391 e. The standard InChI is InChI=1S/C27H31ClF5N5O3/c28-17-5-7-19(21(14-17)38-12-10-37(11-13-38)9-8-27(31,32)33)35-25(40)18-6-4-16(23(29)24(18)30)15-34-26(41)36-20-2-1-3-22(20)39/h4-7,14,20,22,39H,1-3,8-13,15H2,(H,35,40)(H2,34,36,41)/t20-,22-/m1/s1. The Balaban J connectivity index is 1.38. The van der Waals surface area contributed by atoms with Gasteiger partial charge in [-0.25, -0.2) is 13.6 Å². The molecule has 4 N–H and O–H groups in total. The SMILES string of the molecule is O=C(NCc1ccc(C(=O)Nc2ccc(Cl)cc2N2CCN(CCC(F)(F)F)CC2)c(F)c1F)N[C@@H]1CCC[C@H]1O. The fraction of sp³-hybridized carbons (Fsp3) is 0.481. The van der Waals surface area contributed by atoms with Crippen molar-refractivity contribution in [3.63, 3.8) is 0 Å². The van der Waals surface area contributed by atoms with E-state index in [1.54, 1.807) is 11.0 Å². The van der Waals surface area contributed by atoms with Gasteiger partial charge in [0.15, 0.2) is 11.6 Å². The van der Waals surface area contributed by atoms with E-state index in [9.17, 15) is 36.6 Å². The number of nitrogens with zero attached hydrogens (tertiary/aromatic N) is 2. The van der Waals surface area contributed by atoms with Crippen molar-refractivity contribution in [1.82, 2.24) is 15.5 Å². The molecule has 1 aliphatic carbocycles. The molecule has 0 radical (unpaired) electrons. The number of benzene rings is 2. The monoisotopic (exact) mass is 603 g/mol. The first-order valence-electron chi connectivity index (χ1n) is 13.3. The fourth-order valence-electron chi connectivity index (χ4n) is 4.96. The second-order valence-corrected chi connectivity index (χ2v) is 10.6. The van der Waals surface area contributed by atoms with Gasteiger partial charge in [-0.3, -0.25) is 9.69 Å². The van der Waals surface area contributed by atoms with Gasteiger partial charge in [0, 0.05) is 49.9 Å². The maximum Gasteiger partial charge on any atom is 0.390 e. The molecule has 41 heavy (non-hydrogen) atoms. The summed E-state index contributed by atoms with van der Waals surface area (Å²) < 4.78 is 67.4. The number of alkyl halides is 3. The van der Waals surface area contributed by atoms with Crippen molar-refractivity contribution in [1.29, 1.82) is 0 Å². The van der Waals surface area contributed by atoms with E-state index in [2.05, 4.69) is 16.0 Å². The molecule has 2 atom stereocenters. The van der Waals surface area contributed by atoms with Crippen LogP contribution >= 0.6 is 11.6 Å². The molecule has 2 aromatic carbocycles. The zero-order valence-electron chi connectivity index (χ0n) is 22.0. The molecular weight excluding hydrogens is 573 g/mol. The zero-order chi connectivity index (χ0) is 29.7. The average molecular weight is 604 g/mol. The quantitative estimate of drug-likeness (QED) is 0.329. The number of hydrogen-bond donors (Lipinski definition) is 4. The minimum atomic E-state index is -4.24. The molecule has 224 valence electrons. The summed E-state index contributed by atoms with van der Waals surface area (Å²) in [6.07, 6.45) is -3.82. The first-order chi connectivity index (χ1) is 19.4. The highest BCUT2D eigenvalue weighted by atomic mass is 35.5. The highest BCUT2D eigenvalue weighted by Gasteiger charge is 2.30. The first kappa shape index (κ1) is 30.8. The van der Waals surface area contributed by atoms with Crippen molar-refractivity contribution >= 4 is 34.9 Å². The van der Waals surface area contributed by atoms with Crippen molar-refractivity contribution < 1.29 is 36.6 Å². The lowest BCUT2D eigenvalue weighted by molar-refractivity contribution is -0.138. The maximum absolute atomic E-state index is 14.9. The Labute approximate surface area is 238 Å². The summed E-state index contributed by atoms with van der Waals surface area (Å²) in [6, 6.07) is 5.88. The number of aliphatic hydroxyl groups is 1. The minimum absolute atomic E-state index is 0.110. The van der Waals surface area contributed by atoms with Gasteiger partial charge in [-0.15, -0.1) is 0 Å². The number of aliphatic hydroxyl groups excluding tert-OH is 1.